The van der Waals surface area contributed by atoms with E-state index in [1.807, 2.05) is 17.0 Å². The van der Waals surface area contributed by atoms with Crippen molar-refractivity contribution in [2.24, 2.45) is 5.41 Å². The fourth-order valence-electron chi connectivity index (χ4n) is 3.73. The van der Waals surface area contributed by atoms with E-state index in [2.05, 4.69) is 4.98 Å². The zero-order valence-electron chi connectivity index (χ0n) is 13.3. The lowest BCUT2D eigenvalue weighted by atomic mass is 9.78. The molecule has 124 valence electrons. The van der Waals surface area contributed by atoms with Crippen LogP contribution in [-0.2, 0) is 16.1 Å². The van der Waals surface area contributed by atoms with E-state index in [1.165, 1.54) is 0 Å². The van der Waals surface area contributed by atoms with E-state index in [1.54, 1.807) is 17.3 Å². The molecule has 2 fully saturated rings. The van der Waals surface area contributed by atoms with Crippen LogP contribution in [0.2, 0.25) is 0 Å². The Balaban J connectivity index is 1.68. The molecule has 2 saturated heterocycles. The predicted molar refractivity (Wildman–Crippen MR) is 84.2 cm³/mol. The van der Waals surface area contributed by atoms with Gasteiger partial charge in [-0.25, -0.2) is 0 Å². The third-order valence-corrected chi connectivity index (χ3v) is 4.95. The number of rotatable bonds is 4. The van der Waals surface area contributed by atoms with E-state index >= 15 is 0 Å². The Labute approximate surface area is 136 Å². The fraction of sp³-hybridized carbons (Fsp3) is 0.588. The van der Waals surface area contributed by atoms with Gasteiger partial charge in [-0.05, 0) is 30.9 Å². The zero-order chi connectivity index (χ0) is 16.3. The van der Waals surface area contributed by atoms with Gasteiger partial charge in [-0.3, -0.25) is 14.6 Å². The van der Waals surface area contributed by atoms with Crippen molar-refractivity contribution in [3.8, 4) is 0 Å². The van der Waals surface area contributed by atoms with Crippen LogP contribution in [0.25, 0.3) is 0 Å². The first-order chi connectivity index (χ1) is 11.1. The average molecular weight is 317 g/mol. The van der Waals surface area contributed by atoms with Gasteiger partial charge in [0.05, 0.1) is 12.0 Å². The second-order valence-electron chi connectivity index (χ2n) is 6.51. The maximum absolute atomic E-state index is 12.9. The van der Waals surface area contributed by atoms with Crippen LogP contribution in [-0.4, -0.2) is 57.9 Å². The molecule has 1 unspecified atom stereocenters. The van der Waals surface area contributed by atoms with Crippen LogP contribution in [0.15, 0.2) is 24.5 Å². The first-order valence-electron chi connectivity index (χ1n) is 8.21. The number of carbonyl (C=O) groups excluding carboxylic acids is 2. The number of aliphatic hydroxyl groups is 1. The Morgan fingerprint density at radius 1 is 1.35 bits per heavy atom. The summed E-state index contributed by atoms with van der Waals surface area (Å²) in [5.41, 5.74) is 0.605. The third kappa shape index (κ3) is 3.22. The highest BCUT2D eigenvalue weighted by atomic mass is 16.3. The highest BCUT2D eigenvalue weighted by Gasteiger charge is 2.49. The van der Waals surface area contributed by atoms with Crippen molar-refractivity contribution in [1.29, 1.82) is 0 Å². The Kier molecular flexibility index (Phi) is 4.61. The molecule has 0 aromatic carbocycles. The molecular weight excluding hydrogens is 294 g/mol. The summed E-state index contributed by atoms with van der Waals surface area (Å²) >= 11 is 0. The summed E-state index contributed by atoms with van der Waals surface area (Å²) < 4.78 is 0. The van der Waals surface area contributed by atoms with Gasteiger partial charge in [0.1, 0.15) is 0 Å². The number of aromatic nitrogens is 1. The molecule has 1 atom stereocenters. The number of hydrogen-bond acceptors (Lipinski definition) is 4. The molecule has 0 aliphatic carbocycles. The number of hydrogen-bond donors (Lipinski definition) is 1. The van der Waals surface area contributed by atoms with Crippen LogP contribution in [0.3, 0.4) is 0 Å². The molecular formula is C17H23N3O3. The molecule has 2 aliphatic heterocycles. The lowest BCUT2D eigenvalue weighted by Crippen LogP contribution is -2.49. The summed E-state index contributed by atoms with van der Waals surface area (Å²) in [5, 5.41) is 8.95. The first kappa shape index (κ1) is 15.9. The van der Waals surface area contributed by atoms with Crippen molar-refractivity contribution < 1.29 is 14.7 Å². The Morgan fingerprint density at radius 3 is 2.96 bits per heavy atom. The van der Waals surface area contributed by atoms with E-state index in [0.717, 1.165) is 31.4 Å². The molecule has 3 heterocycles. The molecule has 23 heavy (non-hydrogen) atoms. The molecule has 2 aliphatic rings. The van der Waals surface area contributed by atoms with Crippen molar-refractivity contribution >= 4 is 11.8 Å². The van der Waals surface area contributed by atoms with Gasteiger partial charge in [-0.15, -0.1) is 0 Å². The summed E-state index contributed by atoms with van der Waals surface area (Å²) in [6.45, 7) is 2.36. The normalized spacial score (nSPS) is 24.5. The molecule has 3 rings (SSSR count). The topological polar surface area (TPSA) is 73.7 Å². The molecule has 1 aromatic heterocycles. The minimum absolute atomic E-state index is 0.0508. The number of pyridine rings is 1. The van der Waals surface area contributed by atoms with Gasteiger partial charge in [0.25, 0.3) is 0 Å². The molecule has 0 bridgehead atoms. The van der Waals surface area contributed by atoms with Gasteiger partial charge in [-0.1, -0.05) is 6.07 Å². The van der Waals surface area contributed by atoms with Gasteiger partial charge in [0.15, 0.2) is 0 Å². The molecule has 0 radical (unpaired) electrons. The van der Waals surface area contributed by atoms with E-state index < -0.39 is 5.41 Å². The maximum atomic E-state index is 12.9. The van der Waals surface area contributed by atoms with E-state index in [-0.39, 0.29) is 24.8 Å². The number of nitrogens with zero attached hydrogens (tertiary/aromatic N) is 3. The highest BCUT2D eigenvalue weighted by Crippen LogP contribution is 2.40. The van der Waals surface area contributed by atoms with E-state index in [0.29, 0.717) is 19.6 Å². The van der Waals surface area contributed by atoms with Gasteiger partial charge < -0.3 is 14.9 Å². The minimum Gasteiger partial charge on any atom is -0.396 e. The fourth-order valence-corrected chi connectivity index (χ4v) is 3.73. The third-order valence-electron chi connectivity index (χ3n) is 4.95. The van der Waals surface area contributed by atoms with Crippen LogP contribution in [0, 0.1) is 5.41 Å². The lowest BCUT2D eigenvalue weighted by Gasteiger charge is -2.39. The number of likely N-dealkylation sites (tertiary alicyclic amines) is 2. The smallest absolute Gasteiger partial charge is 0.230 e. The lowest BCUT2D eigenvalue weighted by molar-refractivity contribution is -0.144. The van der Waals surface area contributed by atoms with Gasteiger partial charge in [0, 0.05) is 45.0 Å². The van der Waals surface area contributed by atoms with Crippen LogP contribution in [0.5, 0.6) is 0 Å². The molecule has 1 N–H and O–H groups in total. The van der Waals surface area contributed by atoms with Crippen molar-refractivity contribution in [3.05, 3.63) is 30.1 Å². The first-order valence-corrected chi connectivity index (χ1v) is 8.21. The number of piperidine rings is 1. The average Bonchev–Trinajstić information content (AvgIpc) is 2.86. The number of amides is 2. The van der Waals surface area contributed by atoms with Crippen LogP contribution < -0.4 is 0 Å². The summed E-state index contributed by atoms with van der Waals surface area (Å²) in [5.74, 6) is 0.105. The Bertz CT molecular complexity index is 578. The SMILES string of the molecule is O=C(CCO)N1CCCC2(CCN(Cc3cccnc3)C2=O)C1. The molecule has 2 amide bonds. The summed E-state index contributed by atoms with van der Waals surface area (Å²) in [6, 6.07) is 3.85. The largest absolute Gasteiger partial charge is 0.396 e. The highest BCUT2D eigenvalue weighted by molar-refractivity contribution is 5.86. The monoisotopic (exact) mass is 317 g/mol. The summed E-state index contributed by atoms with van der Waals surface area (Å²) in [6.07, 6.45) is 6.15. The molecule has 0 saturated carbocycles. The Hall–Kier alpha value is -1.95. The number of aliphatic hydroxyl groups excluding tert-OH is 1. The predicted octanol–water partition coefficient (Wildman–Crippen LogP) is 0.805. The summed E-state index contributed by atoms with van der Waals surface area (Å²) in [4.78, 5) is 32.7. The van der Waals surface area contributed by atoms with Crippen molar-refractivity contribution in [2.45, 2.75) is 32.2 Å². The Morgan fingerprint density at radius 2 is 2.22 bits per heavy atom. The van der Waals surface area contributed by atoms with Gasteiger partial charge in [-0.2, -0.15) is 0 Å². The van der Waals surface area contributed by atoms with Crippen molar-refractivity contribution in [3.63, 3.8) is 0 Å². The minimum atomic E-state index is -0.425. The number of carbonyl (C=O) groups is 2. The van der Waals surface area contributed by atoms with Gasteiger partial charge in [0.2, 0.25) is 11.8 Å². The second kappa shape index (κ2) is 6.66. The van der Waals surface area contributed by atoms with E-state index in [4.69, 9.17) is 5.11 Å². The van der Waals surface area contributed by atoms with E-state index in [9.17, 15) is 9.59 Å². The molecule has 1 spiro atoms. The standard InChI is InChI=1S/C17H23N3O3/c21-10-4-15(22)20-8-2-5-17(13-20)6-9-19(16(17)23)12-14-3-1-7-18-11-14/h1,3,7,11,21H,2,4-6,8-10,12-13H2. The maximum Gasteiger partial charge on any atom is 0.230 e. The molecule has 6 heteroatoms. The molecule has 1 aromatic rings. The van der Waals surface area contributed by atoms with Gasteiger partial charge >= 0.3 is 0 Å². The van der Waals surface area contributed by atoms with Crippen molar-refractivity contribution in [1.82, 2.24) is 14.8 Å². The second-order valence-corrected chi connectivity index (χ2v) is 6.51. The molecule has 6 nitrogen and oxygen atoms in total. The summed E-state index contributed by atoms with van der Waals surface area (Å²) in [7, 11) is 0. The van der Waals surface area contributed by atoms with Crippen LogP contribution >= 0.6 is 0 Å². The van der Waals surface area contributed by atoms with Crippen molar-refractivity contribution in [2.75, 3.05) is 26.2 Å². The quantitative estimate of drug-likeness (QED) is 0.892. The van der Waals surface area contributed by atoms with Crippen LogP contribution in [0.1, 0.15) is 31.2 Å². The van der Waals surface area contributed by atoms with Crippen LogP contribution in [0.4, 0.5) is 0 Å². The zero-order valence-corrected chi connectivity index (χ0v) is 13.3.